The Bertz CT molecular complexity index is 1180. The van der Waals surface area contributed by atoms with Crippen LogP contribution in [0.3, 0.4) is 0 Å². The van der Waals surface area contributed by atoms with Gasteiger partial charge >= 0.3 is 0 Å². The molecule has 0 fully saturated rings. The van der Waals surface area contributed by atoms with Crippen molar-refractivity contribution in [2.24, 2.45) is 5.10 Å². The van der Waals surface area contributed by atoms with Gasteiger partial charge in [0.15, 0.2) is 0 Å². The average Bonchev–Trinajstić information content (AvgIpc) is 3.29. The Labute approximate surface area is 199 Å². The number of likely N-dealkylation sites (N-methyl/N-ethyl adjacent to an activating group) is 1. The van der Waals surface area contributed by atoms with Gasteiger partial charge in [0.1, 0.15) is 17.3 Å². The Balaban J connectivity index is 1.63. The highest BCUT2D eigenvalue weighted by atomic mass is 19.1. The third-order valence-electron chi connectivity index (χ3n) is 5.82. The van der Waals surface area contributed by atoms with E-state index >= 15 is 0 Å². The predicted molar refractivity (Wildman–Crippen MR) is 129 cm³/mol. The van der Waals surface area contributed by atoms with E-state index in [4.69, 9.17) is 9.47 Å². The van der Waals surface area contributed by atoms with E-state index in [0.29, 0.717) is 35.7 Å². The first-order chi connectivity index (χ1) is 16.5. The first kappa shape index (κ1) is 23.4. The maximum Gasteiger partial charge on any atom is 0.257 e. The van der Waals surface area contributed by atoms with Crippen molar-refractivity contribution in [2.45, 2.75) is 19.0 Å². The molecule has 1 unspecified atom stereocenters. The SMILES string of the molecule is COc1ccc(C2CC(c3cccc(F)c3)=NN2C(=O)CN(C)Cc2ccccc2)c(OC)c1. The van der Waals surface area contributed by atoms with Gasteiger partial charge in [-0.2, -0.15) is 5.10 Å². The van der Waals surface area contributed by atoms with Crippen molar-refractivity contribution in [2.75, 3.05) is 27.8 Å². The molecule has 0 saturated heterocycles. The molecule has 0 spiro atoms. The number of nitrogens with zero attached hydrogens (tertiary/aromatic N) is 3. The molecule has 176 valence electrons. The van der Waals surface area contributed by atoms with E-state index in [2.05, 4.69) is 5.10 Å². The van der Waals surface area contributed by atoms with Crippen molar-refractivity contribution in [3.05, 3.63) is 95.3 Å². The summed E-state index contributed by atoms with van der Waals surface area (Å²) in [5, 5.41) is 6.16. The Hall–Kier alpha value is -3.71. The van der Waals surface area contributed by atoms with E-state index < -0.39 is 0 Å². The highest BCUT2D eigenvalue weighted by Gasteiger charge is 2.35. The zero-order chi connectivity index (χ0) is 24.1. The summed E-state index contributed by atoms with van der Waals surface area (Å²) in [6.45, 7) is 0.821. The second kappa shape index (κ2) is 10.5. The molecule has 1 aliphatic rings. The number of benzene rings is 3. The van der Waals surface area contributed by atoms with E-state index in [9.17, 15) is 9.18 Å². The number of amides is 1. The summed E-state index contributed by atoms with van der Waals surface area (Å²) >= 11 is 0. The van der Waals surface area contributed by atoms with Gasteiger partial charge in [-0.05, 0) is 36.9 Å². The van der Waals surface area contributed by atoms with Crippen molar-refractivity contribution in [1.82, 2.24) is 9.91 Å². The first-order valence-electron chi connectivity index (χ1n) is 11.1. The fourth-order valence-corrected chi connectivity index (χ4v) is 4.17. The number of ether oxygens (including phenoxy) is 2. The second-order valence-corrected chi connectivity index (χ2v) is 8.28. The number of rotatable bonds is 8. The topological polar surface area (TPSA) is 54.4 Å². The maximum absolute atomic E-state index is 13.9. The van der Waals surface area contributed by atoms with Gasteiger partial charge in [0, 0.05) is 30.2 Å². The lowest BCUT2D eigenvalue weighted by atomic mass is 9.97. The number of carbonyl (C=O) groups excluding carboxylic acids is 1. The lowest BCUT2D eigenvalue weighted by Gasteiger charge is -2.26. The molecule has 1 atom stereocenters. The second-order valence-electron chi connectivity index (χ2n) is 8.28. The lowest BCUT2D eigenvalue weighted by Crippen LogP contribution is -2.36. The van der Waals surface area contributed by atoms with Crippen LogP contribution < -0.4 is 9.47 Å². The molecule has 0 aliphatic carbocycles. The summed E-state index contributed by atoms with van der Waals surface area (Å²) < 4.78 is 24.8. The summed E-state index contributed by atoms with van der Waals surface area (Å²) in [6, 6.07) is 21.4. The molecule has 0 aromatic heterocycles. The summed E-state index contributed by atoms with van der Waals surface area (Å²) in [5.41, 5.74) is 3.25. The van der Waals surface area contributed by atoms with Gasteiger partial charge in [-0.1, -0.05) is 42.5 Å². The van der Waals surface area contributed by atoms with Crippen LogP contribution in [0.4, 0.5) is 4.39 Å². The Morgan fingerprint density at radius 3 is 2.56 bits per heavy atom. The summed E-state index contributed by atoms with van der Waals surface area (Å²) in [4.78, 5) is 15.4. The van der Waals surface area contributed by atoms with E-state index in [1.165, 1.54) is 17.1 Å². The third kappa shape index (κ3) is 5.26. The van der Waals surface area contributed by atoms with Crippen LogP contribution in [0.2, 0.25) is 0 Å². The highest BCUT2D eigenvalue weighted by molar-refractivity contribution is 6.03. The molecule has 0 bridgehead atoms. The van der Waals surface area contributed by atoms with Crippen molar-refractivity contribution in [3.8, 4) is 11.5 Å². The molecule has 0 radical (unpaired) electrons. The molecule has 4 rings (SSSR count). The van der Waals surface area contributed by atoms with E-state index in [0.717, 1.165) is 11.1 Å². The van der Waals surface area contributed by atoms with Crippen LogP contribution >= 0.6 is 0 Å². The van der Waals surface area contributed by atoms with Crippen LogP contribution in [0.15, 0.2) is 77.9 Å². The van der Waals surface area contributed by atoms with E-state index in [1.54, 1.807) is 32.4 Å². The number of methoxy groups -OCH3 is 2. The molecule has 3 aromatic carbocycles. The van der Waals surface area contributed by atoms with Crippen LogP contribution in [-0.2, 0) is 11.3 Å². The summed E-state index contributed by atoms with van der Waals surface area (Å²) in [7, 11) is 5.08. The van der Waals surface area contributed by atoms with Crippen molar-refractivity contribution in [3.63, 3.8) is 0 Å². The molecule has 1 heterocycles. The van der Waals surface area contributed by atoms with Crippen molar-refractivity contribution < 1.29 is 18.7 Å². The zero-order valence-corrected chi connectivity index (χ0v) is 19.6. The fraction of sp³-hybridized carbons (Fsp3) is 0.259. The molecule has 0 N–H and O–H groups in total. The number of carbonyl (C=O) groups is 1. The van der Waals surface area contributed by atoms with Crippen LogP contribution in [0, 0.1) is 5.82 Å². The zero-order valence-electron chi connectivity index (χ0n) is 19.6. The molecular formula is C27H28FN3O3. The van der Waals surface area contributed by atoms with Crippen LogP contribution in [-0.4, -0.2) is 49.3 Å². The average molecular weight is 462 g/mol. The molecule has 6 nitrogen and oxygen atoms in total. The maximum atomic E-state index is 13.9. The summed E-state index contributed by atoms with van der Waals surface area (Å²) in [5.74, 6) is 0.777. The standard InChI is InChI=1S/C27H28FN3O3/c1-30(17-19-8-5-4-6-9-19)18-27(32)31-25(23-13-12-22(33-2)15-26(23)34-3)16-24(29-31)20-10-7-11-21(28)14-20/h4-15,25H,16-18H2,1-3H3. The molecule has 0 saturated carbocycles. The van der Waals surface area contributed by atoms with Gasteiger partial charge in [-0.3, -0.25) is 9.69 Å². The summed E-state index contributed by atoms with van der Waals surface area (Å²) in [6.07, 6.45) is 0.445. The molecule has 1 aliphatic heterocycles. The van der Waals surface area contributed by atoms with Gasteiger partial charge in [-0.25, -0.2) is 9.40 Å². The molecule has 7 heteroatoms. The Morgan fingerprint density at radius 1 is 1.06 bits per heavy atom. The number of halogens is 1. The van der Waals surface area contributed by atoms with Crippen molar-refractivity contribution in [1.29, 1.82) is 0 Å². The highest BCUT2D eigenvalue weighted by Crippen LogP contribution is 2.39. The largest absolute Gasteiger partial charge is 0.497 e. The van der Waals surface area contributed by atoms with Gasteiger partial charge in [-0.15, -0.1) is 0 Å². The molecule has 34 heavy (non-hydrogen) atoms. The predicted octanol–water partition coefficient (Wildman–Crippen LogP) is 4.65. The van der Waals surface area contributed by atoms with Gasteiger partial charge < -0.3 is 9.47 Å². The minimum Gasteiger partial charge on any atom is -0.497 e. The Kier molecular flexibility index (Phi) is 7.23. The quantitative estimate of drug-likeness (QED) is 0.490. The lowest BCUT2D eigenvalue weighted by molar-refractivity contribution is -0.134. The third-order valence-corrected chi connectivity index (χ3v) is 5.82. The molecule has 3 aromatic rings. The molecular weight excluding hydrogens is 433 g/mol. The minimum absolute atomic E-state index is 0.146. The van der Waals surface area contributed by atoms with Crippen molar-refractivity contribution >= 4 is 11.6 Å². The fourth-order valence-electron chi connectivity index (χ4n) is 4.17. The normalized spacial score (nSPS) is 15.4. The number of hydrogen-bond donors (Lipinski definition) is 0. The van der Waals surface area contributed by atoms with Gasteiger partial charge in [0.25, 0.3) is 5.91 Å². The van der Waals surface area contributed by atoms with Crippen LogP contribution in [0.5, 0.6) is 11.5 Å². The van der Waals surface area contributed by atoms with Crippen LogP contribution in [0.25, 0.3) is 0 Å². The molecule has 1 amide bonds. The number of hydrazone groups is 1. The van der Waals surface area contributed by atoms with E-state index in [-0.39, 0.29) is 24.3 Å². The van der Waals surface area contributed by atoms with Gasteiger partial charge in [0.05, 0.1) is 32.5 Å². The Morgan fingerprint density at radius 2 is 1.85 bits per heavy atom. The minimum atomic E-state index is -0.378. The first-order valence-corrected chi connectivity index (χ1v) is 11.1. The van der Waals surface area contributed by atoms with E-state index in [1.807, 2.05) is 54.4 Å². The smallest absolute Gasteiger partial charge is 0.257 e. The number of hydrogen-bond acceptors (Lipinski definition) is 5. The van der Waals surface area contributed by atoms with Gasteiger partial charge in [0.2, 0.25) is 0 Å². The monoisotopic (exact) mass is 461 g/mol. The van der Waals surface area contributed by atoms with Crippen LogP contribution in [0.1, 0.15) is 29.2 Å².